The Balaban J connectivity index is 1.25. The van der Waals surface area contributed by atoms with Crippen LogP contribution in [0.3, 0.4) is 0 Å². The van der Waals surface area contributed by atoms with Gasteiger partial charge in [-0.15, -0.1) is 0 Å². The minimum atomic E-state index is -0.539. The lowest BCUT2D eigenvalue weighted by molar-refractivity contribution is -0.117. The number of nitrogens with two attached hydrogens (primary N) is 2. The lowest BCUT2D eigenvalue weighted by Crippen LogP contribution is -2.50. The van der Waals surface area contributed by atoms with E-state index in [0.717, 1.165) is 5.69 Å². The standard InChI is InChI=1S/C27H28N6O4/c28-27(29)31-22-10-6-20(7-11-22)26(36)37-23-12-8-19(9-13-23)25(35)33-16-14-32(15-17-33)18-24(34)30-21-4-2-1-3-5-21/h1-13H,14-18H2,(H,30,34)(H4,28,29,31). The van der Waals surface area contributed by atoms with Crippen molar-refractivity contribution in [3.63, 3.8) is 0 Å². The molecule has 10 heteroatoms. The number of nitrogens with one attached hydrogen (secondary N) is 1. The highest BCUT2D eigenvalue weighted by Gasteiger charge is 2.23. The Kier molecular flexibility index (Phi) is 8.11. The van der Waals surface area contributed by atoms with Gasteiger partial charge < -0.3 is 26.4 Å². The highest BCUT2D eigenvalue weighted by atomic mass is 16.5. The second kappa shape index (κ2) is 11.8. The van der Waals surface area contributed by atoms with Gasteiger partial charge in [-0.2, -0.15) is 0 Å². The second-order valence-electron chi connectivity index (χ2n) is 8.48. The maximum atomic E-state index is 12.9. The first-order valence-electron chi connectivity index (χ1n) is 11.8. The van der Waals surface area contributed by atoms with E-state index in [0.29, 0.717) is 48.7 Å². The quantitative estimate of drug-likeness (QED) is 0.195. The molecule has 1 heterocycles. The number of hydrogen-bond acceptors (Lipinski definition) is 6. The van der Waals surface area contributed by atoms with Gasteiger partial charge in [0.05, 0.1) is 17.8 Å². The van der Waals surface area contributed by atoms with Crippen LogP contribution >= 0.6 is 0 Å². The number of amides is 2. The Morgan fingerprint density at radius 1 is 0.811 bits per heavy atom. The summed E-state index contributed by atoms with van der Waals surface area (Å²) in [6, 6.07) is 22.1. The lowest BCUT2D eigenvalue weighted by Gasteiger charge is -2.34. The van der Waals surface area contributed by atoms with E-state index in [9.17, 15) is 14.4 Å². The topological polar surface area (TPSA) is 143 Å². The molecule has 4 rings (SSSR count). The SMILES string of the molecule is NC(N)=Nc1ccc(C(=O)Oc2ccc(C(=O)N3CCN(CC(=O)Nc4ccccc4)CC3)cc2)cc1. The van der Waals surface area contributed by atoms with Gasteiger partial charge in [-0.3, -0.25) is 14.5 Å². The first-order valence-corrected chi connectivity index (χ1v) is 11.8. The summed E-state index contributed by atoms with van der Waals surface area (Å²) in [7, 11) is 0. The number of hydrogen-bond donors (Lipinski definition) is 3. The molecule has 0 spiro atoms. The third-order valence-corrected chi connectivity index (χ3v) is 5.76. The summed E-state index contributed by atoms with van der Waals surface area (Å²) in [6.45, 7) is 2.51. The summed E-state index contributed by atoms with van der Waals surface area (Å²) in [5, 5.41) is 2.88. The zero-order valence-corrected chi connectivity index (χ0v) is 20.2. The number of benzene rings is 3. The fourth-order valence-electron chi connectivity index (χ4n) is 3.87. The molecule has 5 N–H and O–H groups in total. The number of carbonyl (C=O) groups excluding carboxylic acids is 3. The van der Waals surface area contributed by atoms with Crippen molar-refractivity contribution in [1.82, 2.24) is 9.80 Å². The molecule has 190 valence electrons. The van der Waals surface area contributed by atoms with E-state index in [1.54, 1.807) is 53.4 Å². The predicted molar refractivity (Wildman–Crippen MR) is 141 cm³/mol. The number of nitrogens with zero attached hydrogens (tertiary/aromatic N) is 3. The second-order valence-corrected chi connectivity index (χ2v) is 8.48. The fraction of sp³-hybridized carbons (Fsp3) is 0.185. The molecule has 0 unspecified atom stereocenters. The molecule has 2 amide bonds. The molecule has 0 atom stereocenters. The number of carbonyl (C=O) groups is 3. The molecule has 3 aromatic rings. The van der Waals surface area contributed by atoms with Crippen LogP contribution in [-0.4, -0.2) is 66.3 Å². The molecular weight excluding hydrogens is 472 g/mol. The van der Waals surface area contributed by atoms with Crippen LogP contribution in [0.4, 0.5) is 11.4 Å². The Labute approximate surface area is 214 Å². The lowest BCUT2D eigenvalue weighted by atomic mass is 10.1. The first kappa shape index (κ1) is 25.4. The summed E-state index contributed by atoms with van der Waals surface area (Å²) in [5.41, 5.74) is 12.8. The van der Waals surface area contributed by atoms with Gasteiger partial charge in [-0.05, 0) is 60.7 Å². The number of esters is 1. The minimum Gasteiger partial charge on any atom is -0.423 e. The molecule has 3 aromatic carbocycles. The third kappa shape index (κ3) is 7.15. The summed E-state index contributed by atoms with van der Waals surface area (Å²) in [6.07, 6.45) is 0. The van der Waals surface area contributed by atoms with Gasteiger partial charge in [0.1, 0.15) is 5.75 Å². The van der Waals surface area contributed by atoms with Crippen LogP contribution in [0.25, 0.3) is 0 Å². The Bertz CT molecular complexity index is 1260. The molecular formula is C27H28N6O4. The van der Waals surface area contributed by atoms with Crippen LogP contribution in [0.5, 0.6) is 5.75 Å². The predicted octanol–water partition coefficient (Wildman–Crippen LogP) is 2.21. The van der Waals surface area contributed by atoms with Crippen molar-refractivity contribution in [2.24, 2.45) is 16.5 Å². The number of rotatable bonds is 7. The molecule has 0 bridgehead atoms. The van der Waals surface area contributed by atoms with Gasteiger partial charge in [0.15, 0.2) is 5.96 Å². The van der Waals surface area contributed by atoms with E-state index in [-0.39, 0.29) is 24.3 Å². The number of para-hydroxylation sites is 1. The summed E-state index contributed by atoms with van der Waals surface area (Å²) in [5.74, 6) is -0.479. The molecule has 0 radical (unpaired) electrons. The summed E-state index contributed by atoms with van der Waals surface area (Å²) < 4.78 is 5.40. The van der Waals surface area contributed by atoms with Gasteiger partial charge in [0.2, 0.25) is 5.91 Å². The molecule has 0 aliphatic carbocycles. The van der Waals surface area contributed by atoms with E-state index in [4.69, 9.17) is 16.2 Å². The Morgan fingerprint density at radius 3 is 2.05 bits per heavy atom. The molecule has 0 saturated carbocycles. The van der Waals surface area contributed by atoms with Gasteiger partial charge in [0.25, 0.3) is 5.91 Å². The highest BCUT2D eigenvalue weighted by Crippen LogP contribution is 2.18. The zero-order valence-electron chi connectivity index (χ0n) is 20.2. The van der Waals surface area contributed by atoms with Crippen LogP contribution < -0.4 is 21.5 Å². The monoisotopic (exact) mass is 500 g/mol. The number of anilines is 1. The molecule has 10 nitrogen and oxygen atoms in total. The Morgan fingerprint density at radius 2 is 1.43 bits per heavy atom. The third-order valence-electron chi connectivity index (χ3n) is 5.76. The van der Waals surface area contributed by atoms with E-state index in [2.05, 4.69) is 10.3 Å². The summed E-state index contributed by atoms with van der Waals surface area (Å²) >= 11 is 0. The number of ether oxygens (including phenoxy) is 1. The van der Waals surface area contributed by atoms with Gasteiger partial charge in [-0.25, -0.2) is 9.79 Å². The number of piperazine rings is 1. The molecule has 0 aromatic heterocycles. The van der Waals surface area contributed by atoms with E-state index in [1.807, 2.05) is 35.2 Å². The molecule has 1 aliphatic heterocycles. The van der Waals surface area contributed by atoms with Crippen molar-refractivity contribution < 1.29 is 19.1 Å². The van der Waals surface area contributed by atoms with Crippen LogP contribution in [-0.2, 0) is 4.79 Å². The molecule has 1 fully saturated rings. The molecule has 37 heavy (non-hydrogen) atoms. The van der Waals surface area contributed by atoms with Crippen LogP contribution in [0.15, 0.2) is 83.9 Å². The van der Waals surface area contributed by atoms with Crippen LogP contribution in [0.1, 0.15) is 20.7 Å². The van der Waals surface area contributed by atoms with Gasteiger partial charge in [0, 0.05) is 37.4 Å². The number of aliphatic imine (C=N–C) groups is 1. The maximum absolute atomic E-state index is 12.9. The maximum Gasteiger partial charge on any atom is 0.343 e. The van der Waals surface area contributed by atoms with E-state index < -0.39 is 5.97 Å². The van der Waals surface area contributed by atoms with Crippen molar-refractivity contribution in [2.75, 3.05) is 38.0 Å². The van der Waals surface area contributed by atoms with Crippen molar-refractivity contribution in [2.45, 2.75) is 0 Å². The van der Waals surface area contributed by atoms with Crippen molar-refractivity contribution >= 4 is 35.1 Å². The fourth-order valence-corrected chi connectivity index (χ4v) is 3.87. The van der Waals surface area contributed by atoms with Crippen molar-refractivity contribution in [1.29, 1.82) is 0 Å². The van der Waals surface area contributed by atoms with E-state index in [1.165, 1.54) is 0 Å². The average Bonchev–Trinajstić information content (AvgIpc) is 2.90. The Hall–Kier alpha value is -4.70. The number of guanidine groups is 1. The van der Waals surface area contributed by atoms with Gasteiger partial charge >= 0.3 is 5.97 Å². The van der Waals surface area contributed by atoms with Gasteiger partial charge in [-0.1, -0.05) is 18.2 Å². The van der Waals surface area contributed by atoms with Crippen molar-refractivity contribution in [3.05, 3.63) is 90.0 Å². The van der Waals surface area contributed by atoms with E-state index >= 15 is 0 Å². The van der Waals surface area contributed by atoms with Crippen molar-refractivity contribution in [3.8, 4) is 5.75 Å². The average molecular weight is 501 g/mol. The molecule has 1 saturated heterocycles. The first-order chi connectivity index (χ1) is 17.9. The normalized spacial score (nSPS) is 13.5. The zero-order chi connectivity index (χ0) is 26.2. The highest BCUT2D eigenvalue weighted by molar-refractivity contribution is 5.95. The summed E-state index contributed by atoms with van der Waals surface area (Å²) in [4.78, 5) is 45.3. The van der Waals surface area contributed by atoms with Crippen LogP contribution in [0, 0.1) is 0 Å². The smallest absolute Gasteiger partial charge is 0.343 e. The largest absolute Gasteiger partial charge is 0.423 e. The molecule has 1 aliphatic rings. The van der Waals surface area contributed by atoms with Crippen LogP contribution in [0.2, 0.25) is 0 Å². The minimum absolute atomic E-state index is 0.0712.